The third-order valence-electron chi connectivity index (χ3n) is 6.59. The predicted molar refractivity (Wildman–Crippen MR) is 111 cm³/mol. The molecule has 0 aromatic heterocycles. The minimum absolute atomic E-state index is 0.00668. The lowest BCUT2D eigenvalue weighted by molar-refractivity contribution is -0.146. The highest BCUT2D eigenvalue weighted by atomic mass is 16.5. The molecule has 2 aliphatic heterocycles. The average Bonchev–Trinajstić information content (AvgIpc) is 3.29. The first kappa shape index (κ1) is 20.8. The Morgan fingerprint density at radius 3 is 2.67 bits per heavy atom. The second-order valence-electron chi connectivity index (χ2n) is 8.37. The van der Waals surface area contributed by atoms with Gasteiger partial charge in [0.25, 0.3) is 5.91 Å². The van der Waals surface area contributed by atoms with E-state index in [1.807, 2.05) is 18.2 Å². The molecule has 1 fully saturated rings. The Hall–Kier alpha value is -2.41. The molecule has 7 nitrogen and oxygen atoms in total. The van der Waals surface area contributed by atoms with E-state index in [4.69, 9.17) is 9.47 Å². The van der Waals surface area contributed by atoms with Gasteiger partial charge in [0.1, 0.15) is 6.04 Å². The lowest BCUT2D eigenvalue weighted by Gasteiger charge is -2.45. The zero-order chi connectivity index (χ0) is 21.3. The van der Waals surface area contributed by atoms with Crippen LogP contribution in [0.25, 0.3) is 0 Å². The van der Waals surface area contributed by atoms with Crippen molar-refractivity contribution >= 4 is 23.5 Å². The van der Waals surface area contributed by atoms with Gasteiger partial charge in [0, 0.05) is 43.3 Å². The molecule has 1 aromatic rings. The molecule has 0 spiro atoms. The molecule has 0 bridgehead atoms. The summed E-state index contributed by atoms with van der Waals surface area (Å²) in [5.74, 6) is -0.477. The Bertz CT molecular complexity index is 833. The number of amides is 2. The van der Waals surface area contributed by atoms with E-state index in [0.29, 0.717) is 37.4 Å². The van der Waals surface area contributed by atoms with E-state index in [-0.39, 0.29) is 36.2 Å². The molecule has 3 aliphatic rings. The molecule has 0 radical (unpaired) electrons. The summed E-state index contributed by atoms with van der Waals surface area (Å²) < 4.78 is 10.5. The molecule has 0 unspecified atom stereocenters. The third kappa shape index (κ3) is 3.60. The van der Waals surface area contributed by atoms with Crippen molar-refractivity contribution in [1.29, 1.82) is 0 Å². The molecular weight excluding hydrogens is 384 g/mol. The number of carbonyl (C=O) groups is 3. The van der Waals surface area contributed by atoms with Crippen LogP contribution in [0, 0.1) is 5.92 Å². The number of rotatable bonds is 6. The van der Waals surface area contributed by atoms with Crippen LogP contribution in [0.5, 0.6) is 0 Å². The van der Waals surface area contributed by atoms with Crippen molar-refractivity contribution in [2.24, 2.45) is 5.92 Å². The molecule has 1 saturated carbocycles. The van der Waals surface area contributed by atoms with Crippen molar-refractivity contribution in [3.8, 4) is 0 Å². The first-order chi connectivity index (χ1) is 14.6. The molecule has 1 aliphatic carbocycles. The van der Waals surface area contributed by atoms with Crippen LogP contribution in [0.3, 0.4) is 0 Å². The van der Waals surface area contributed by atoms with Crippen molar-refractivity contribution < 1.29 is 23.9 Å². The largest absolute Gasteiger partial charge is 0.464 e. The molecule has 30 heavy (non-hydrogen) atoms. The van der Waals surface area contributed by atoms with Crippen LogP contribution in [-0.4, -0.2) is 62.1 Å². The van der Waals surface area contributed by atoms with E-state index in [2.05, 4.69) is 0 Å². The quantitative estimate of drug-likeness (QED) is 0.669. The van der Waals surface area contributed by atoms with Crippen molar-refractivity contribution in [2.75, 3.05) is 38.3 Å². The van der Waals surface area contributed by atoms with Crippen molar-refractivity contribution in [1.82, 2.24) is 4.90 Å². The van der Waals surface area contributed by atoms with Crippen molar-refractivity contribution in [3.63, 3.8) is 0 Å². The summed E-state index contributed by atoms with van der Waals surface area (Å²) >= 11 is 0. The van der Waals surface area contributed by atoms with Gasteiger partial charge in [-0.1, -0.05) is 18.9 Å². The number of esters is 1. The number of anilines is 1. The maximum atomic E-state index is 13.5. The number of hydrogen-bond acceptors (Lipinski definition) is 5. The smallest absolute Gasteiger partial charge is 0.329 e. The topological polar surface area (TPSA) is 76.2 Å². The van der Waals surface area contributed by atoms with Crippen LogP contribution < -0.4 is 4.90 Å². The fourth-order valence-electron chi connectivity index (χ4n) is 5.20. The van der Waals surface area contributed by atoms with E-state index in [1.54, 1.807) is 23.8 Å². The fraction of sp³-hybridized carbons (Fsp3) is 0.609. The molecule has 0 saturated heterocycles. The number of benzene rings is 1. The van der Waals surface area contributed by atoms with Crippen molar-refractivity contribution in [3.05, 3.63) is 29.3 Å². The minimum Gasteiger partial charge on any atom is -0.464 e. The second-order valence-corrected chi connectivity index (χ2v) is 8.37. The molecule has 2 amide bonds. The van der Waals surface area contributed by atoms with Gasteiger partial charge >= 0.3 is 5.97 Å². The average molecular weight is 415 g/mol. The van der Waals surface area contributed by atoms with Gasteiger partial charge in [0.05, 0.1) is 13.2 Å². The Morgan fingerprint density at radius 2 is 1.97 bits per heavy atom. The first-order valence-electron chi connectivity index (χ1n) is 11.0. The standard InChI is InChI=1S/C23H30N2O5/c1-3-30-23(28)19-13-16-14-24(11-12-29-2)22(27)17-9-6-10-18(20(16)17)25(19)21(26)15-7-4-5-8-15/h6,9-10,15-16,19H,3-5,7-8,11-14H2,1-2H3/t16-,19-/m0/s1. The molecule has 4 rings (SSSR count). The maximum Gasteiger partial charge on any atom is 0.329 e. The Morgan fingerprint density at radius 1 is 1.20 bits per heavy atom. The van der Waals surface area contributed by atoms with Gasteiger partial charge in [-0.05, 0) is 43.9 Å². The summed E-state index contributed by atoms with van der Waals surface area (Å²) in [4.78, 5) is 42.9. The molecule has 0 N–H and O–H groups in total. The normalized spacial score (nSPS) is 23.5. The molecule has 1 aromatic carbocycles. The van der Waals surface area contributed by atoms with Gasteiger partial charge in [0.15, 0.2) is 0 Å². The lowest BCUT2D eigenvalue weighted by Crippen LogP contribution is -2.54. The zero-order valence-corrected chi connectivity index (χ0v) is 17.8. The number of methoxy groups -OCH3 is 1. The van der Waals surface area contributed by atoms with Gasteiger partial charge < -0.3 is 14.4 Å². The first-order valence-corrected chi connectivity index (χ1v) is 11.0. The summed E-state index contributed by atoms with van der Waals surface area (Å²) in [5.41, 5.74) is 2.24. The van der Waals surface area contributed by atoms with Crippen LogP contribution in [0.2, 0.25) is 0 Å². The molecule has 7 heteroatoms. The van der Waals surface area contributed by atoms with Crippen LogP contribution in [0.4, 0.5) is 5.69 Å². The molecular formula is C23H30N2O5. The Kier molecular flexibility index (Phi) is 6.09. The van der Waals surface area contributed by atoms with Crippen LogP contribution in [0.1, 0.15) is 60.9 Å². The van der Waals surface area contributed by atoms with Gasteiger partial charge in [-0.25, -0.2) is 4.79 Å². The Labute approximate surface area is 177 Å². The van der Waals surface area contributed by atoms with E-state index in [1.165, 1.54) is 0 Å². The molecule has 2 heterocycles. The monoisotopic (exact) mass is 414 g/mol. The summed E-state index contributed by atoms with van der Waals surface area (Å²) in [5, 5.41) is 0. The second kappa shape index (κ2) is 8.76. The van der Waals surface area contributed by atoms with E-state index in [0.717, 1.165) is 31.2 Å². The van der Waals surface area contributed by atoms with Gasteiger partial charge in [0.2, 0.25) is 5.91 Å². The van der Waals surface area contributed by atoms with E-state index in [9.17, 15) is 14.4 Å². The van der Waals surface area contributed by atoms with Gasteiger partial charge in [-0.3, -0.25) is 14.5 Å². The minimum atomic E-state index is -0.650. The lowest BCUT2D eigenvalue weighted by atomic mass is 9.79. The van der Waals surface area contributed by atoms with Gasteiger partial charge in [-0.15, -0.1) is 0 Å². The van der Waals surface area contributed by atoms with Crippen LogP contribution in [-0.2, 0) is 19.1 Å². The number of carbonyl (C=O) groups excluding carboxylic acids is 3. The summed E-state index contributed by atoms with van der Waals surface area (Å²) in [6.07, 6.45) is 4.26. The van der Waals surface area contributed by atoms with E-state index >= 15 is 0 Å². The maximum absolute atomic E-state index is 13.5. The van der Waals surface area contributed by atoms with Crippen LogP contribution in [0.15, 0.2) is 18.2 Å². The van der Waals surface area contributed by atoms with Crippen molar-refractivity contribution in [2.45, 2.75) is 51.0 Å². The summed E-state index contributed by atoms with van der Waals surface area (Å²) in [7, 11) is 1.62. The molecule has 2 atom stereocenters. The molecule has 162 valence electrons. The number of ether oxygens (including phenoxy) is 2. The number of nitrogens with zero attached hydrogens (tertiary/aromatic N) is 2. The third-order valence-corrected chi connectivity index (χ3v) is 6.59. The van der Waals surface area contributed by atoms with Gasteiger partial charge in [-0.2, -0.15) is 0 Å². The highest BCUT2D eigenvalue weighted by Gasteiger charge is 2.46. The van der Waals surface area contributed by atoms with Crippen LogP contribution >= 0.6 is 0 Å². The van der Waals surface area contributed by atoms with E-state index < -0.39 is 6.04 Å². The SMILES string of the molecule is CCOC(=O)[C@@H]1C[C@H]2CN(CCOC)C(=O)c3cccc(c32)N1C(=O)C1CCCC1. The fourth-order valence-corrected chi connectivity index (χ4v) is 5.20. The highest BCUT2D eigenvalue weighted by molar-refractivity contribution is 6.06. The highest BCUT2D eigenvalue weighted by Crippen LogP contribution is 2.45. The zero-order valence-electron chi connectivity index (χ0n) is 17.8. The Balaban J connectivity index is 1.76. The predicted octanol–water partition coefficient (Wildman–Crippen LogP) is 2.73. The summed E-state index contributed by atoms with van der Waals surface area (Å²) in [6, 6.07) is 4.87. The number of hydrogen-bond donors (Lipinski definition) is 0. The summed E-state index contributed by atoms with van der Waals surface area (Å²) in [6.45, 7) is 3.54.